The first-order chi connectivity index (χ1) is 11.0. The molecule has 3 rings (SSSR count). The van der Waals surface area contributed by atoms with E-state index in [9.17, 15) is 9.59 Å². The van der Waals surface area contributed by atoms with Gasteiger partial charge in [0.05, 0.1) is 26.2 Å². The van der Waals surface area contributed by atoms with Gasteiger partial charge < -0.3 is 18.6 Å². The van der Waals surface area contributed by atoms with Gasteiger partial charge in [-0.2, -0.15) is 0 Å². The van der Waals surface area contributed by atoms with Crippen molar-refractivity contribution in [3.8, 4) is 17.2 Å². The molecule has 0 unspecified atom stereocenters. The van der Waals surface area contributed by atoms with Gasteiger partial charge in [0.2, 0.25) is 0 Å². The summed E-state index contributed by atoms with van der Waals surface area (Å²) in [6.07, 6.45) is 0.0658. The molecule has 1 aromatic heterocycles. The average Bonchev–Trinajstić information content (AvgIpc) is 2.52. The molecule has 6 nitrogen and oxygen atoms in total. The number of rotatable bonds is 3. The molecule has 0 saturated carbocycles. The molecule has 0 radical (unpaired) electrons. The zero-order valence-electron chi connectivity index (χ0n) is 13.0. The van der Waals surface area contributed by atoms with E-state index < -0.39 is 11.5 Å². The maximum atomic E-state index is 12.2. The Labute approximate surface area is 132 Å². The van der Waals surface area contributed by atoms with Crippen molar-refractivity contribution in [3.05, 3.63) is 51.6 Å². The maximum Gasteiger partial charge on any atom is 0.343 e. The lowest BCUT2D eigenvalue weighted by molar-refractivity contribution is -0.135. The van der Waals surface area contributed by atoms with Crippen molar-refractivity contribution >= 4 is 5.97 Å². The fourth-order valence-corrected chi connectivity index (χ4v) is 2.78. The predicted molar refractivity (Wildman–Crippen MR) is 81.4 cm³/mol. The summed E-state index contributed by atoms with van der Waals surface area (Å²) in [4.78, 5) is 24.1. The third kappa shape index (κ3) is 2.67. The van der Waals surface area contributed by atoms with Crippen LogP contribution in [0.15, 0.2) is 33.5 Å². The van der Waals surface area contributed by atoms with Gasteiger partial charge in [0.25, 0.3) is 0 Å². The van der Waals surface area contributed by atoms with Crippen molar-refractivity contribution in [1.82, 2.24) is 0 Å². The van der Waals surface area contributed by atoms with Crippen LogP contribution in [-0.4, -0.2) is 20.2 Å². The Morgan fingerprint density at radius 2 is 1.83 bits per heavy atom. The molecule has 1 atom stereocenters. The lowest BCUT2D eigenvalue weighted by Crippen LogP contribution is -2.26. The van der Waals surface area contributed by atoms with Gasteiger partial charge in [0.1, 0.15) is 11.5 Å². The van der Waals surface area contributed by atoms with E-state index in [1.165, 1.54) is 7.11 Å². The molecule has 0 aliphatic carbocycles. The van der Waals surface area contributed by atoms with Gasteiger partial charge in [-0.25, -0.2) is 4.79 Å². The lowest BCUT2D eigenvalue weighted by Gasteiger charge is -2.24. The fraction of sp³-hybridized carbons (Fsp3) is 0.294. The van der Waals surface area contributed by atoms with Gasteiger partial charge in [-0.05, 0) is 24.6 Å². The molecule has 1 aromatic carbocycles. The van der Waals surface area contributed by atoms with E-state index in [2.05, 4.69) is 0 Å². The number of hydrogen-bond donors (Lipinski definition) is 0. The molecule has 0 spiro atoms. The number of carbonyl (C=O) groups is 1. The molecule has 0 amide bonds. The highest BCUT2D eigenvalue weighted by Crippen LogP contribution is 2.39. The summed E-state index contributed by atoms with van der Waals surface area (Å²) >= 11 is 0. The quantitative estimate of drug-likeness (QED) is 0.810. The summed E-state index contributed by atoms with van der Waals surface area (Å²) in [6, 6.07) is 6.85. The van der Waals surface area contributed by atoms with Crippen molar-refractivity contribution in [2.45, 2.75) is 19.3 Å². The van der Waals surface area contributed by atoms with E-state index in [1.807, 2.05) is 0 Å². The number of aryl methyl sites for hydroxylation is 1. The van der Waals surface area contributed by atoms with Crippen LogP contribution in [0.25, 0.3) is 0 Å². The minimum atomic E-state index is -0.493. The Bertz CT molecular complexity index is 820. The van der Waals surface area contributed by atoms with Gasteiger partial charge in [-0.15, -0.1) is 0 Å². The number of esters is 1. The summed E-state index contributed by atoms with van der Waals surface area (Å²) in [7, 11) is 3.07. The summed E-state index contributed by atoms with van der Waals surface area (Å²) in [5.41, 5.74) is 0.617. The van der Waals surface area contributed by atoms with Gasteiger partial charge in [0.15, 0.2) is 11.5 Å². The van der Waals surface area contributed by atoms with Crippen LogP contribution in [0.1, 0.15) is 29.2 Å². The number of hydrogen-bond acceptors (Lipinski definition) is 6. The number of benzene rings is 1. The SMILES string of the molecule is COc1ccc([C@@H]2CC(=O)Oc3cc(C)oc(=O)c32)cc1OC. The van der Waals surface area contributed by atoms with E-state index in [1.54, 1.807) is 38.3 Å². The second-order valence-corrected chi connectivity index (χ2v) is 5.27. The molecule has 2 heterocycles. The first-order valence-electron chi connectivity index (χ1n) is 7.10. The highest BCUT2D eigenvalue weighted by atomic mass is 16.5. The largest absolute Gasteiger partial charge is 0.493 e. The molecule has 1 aliphatic heterocycles. The molecule has 0 bridgehead atoms. The average molecular weight is 316 g/mol. The van der Waals surface area contributed by atoms with Crippen LogP contribution in [0.5, 0.6) is 17.2 Å². The molecule has 6 heteroatoms. The third-order valence-corrected chi connectivity index (χ3v) is 3.83. The summed E-state index contributed by atoms with van der Waals surface area (Å²) in [5.74, 6) is 0.933. The number of methoxy groups -OCH3 is 2. The molecular formula is C17H16O6. The number of carbonyl (C=O) groups excluding carboxylic acids is 1. The topological polar surface area (TPSA) is 75.0 Å². The van der Waals surface area contributed by atoms with Gasteiger partial charge in [-0.3, -0.25) is 4.79 Å². The Morgan fingerprint density at radius 1 is 1.09 bits per heavy atom. The van der Waals surface area contributed by atoms with Crippen LogP contribution < -0.4 is 19.8 Å². The zero-order valence-corrected chi connectivity index (χ0v) is 13.0. The fourth-order valence-electron chi connectivity index (χ4n) is 2.78. The van der Waals surface area contributed by atoms with E-state index >= 15 is 0 Å². The summed E-state index contributed by atoms with van der Waals surface area (Å²) in [5, 5.41) is 0. The minimum Gasteiger partial charge on any atom is -0.493 e. The van der Waals surface area contributed by atoms with E-state index in [0.717, 1.165) is 5.56 Å². The standard InChI is InChI=1S/C17H16O6/c1-9-6-14-16(17(19)22-9)11(8-15(18)23-14)10-4-5-12(20-2)13(7-10)21-3/h4-7,11H,8H2,1-3H3/t11-/m0/s1. The Kier molecular flexibility index (Phi) is 3.82. The highest BCUT2D eigenvalue weighted by molar-refractivity contribution is 5.77. The Balaban J connectivity index is 2.15. The van der Waals surface area contributed by atoms with Crippen LogP contribution >= 0.6 is 0 Å². The first kappa shape index (κ1) is 15.1. The molecule has 0 N–H and O–H groups in total. The molecule has 1 aliphatic rings. The Morgan fingerprint density at radius 3 is 2.52 bits per heavy atom. The van der Waals surface area contributed by atoms with E-state index in [4.69, 9.17) is 18.6 Å². The minimum absolute atomic E-state index is 0.0658. The van der Waals surface area contributed by atoms with Crippen LogP contribution in [0.4, 0.5) is 0 Å². The molecule has 0 saturated heterocycles. The van der Waals surface area contributed by atoms with Crippen LogP contribution in [0.3, 0.4) is 0 Å². The number of ether oxygens (including phenoxy) is 3. The van der Waals surface area contributed by atoms with Crippen molar-refractivity contribution in [2.75, 3.05) is 14.2 Å². The number of fused-ring (bicyclic) bond motifs is 1. The molecule has 120 valence electrons. The monoisotopic (exact) mass is 316 g/mol. The molecule has 23 heavy (non-hydrogen) atoms. The van der Waals surface area contributed by atoms with E-state index in [-0.39, 0.29) is 18.1 Å². The molecule has 0 fully saturated rings. The second kappa shape index (κ2) is 5.79. The van der Waals surface area contributed by atoms with Crippen molar-refractivity contribution in [1.29, 1.82) is 0 Å². The van der Waals surface area contributed by atoms with E-state index in [0.29, 0.717) is 22.8 Å². The zero-order chi connectivity index (χ0) is 16.6. The summed E-state index contributed by atoms with van der Waals surface area (Å²) in [6.45, 7) is 1.63. The predicted octanol–water partition coefficient (Wildman–Crippen LogP) is 2.41. The maximum absolute atomic E-state index is 12.2. The van der Waals surface area contributed by atoms with Gasteiger partial charge >= 0.3 is 11.6 Å². The van der Waals surface area contributed by atoms with Gasteiger partial charge in [-0.1, -0.05) is 6.07 Å². The first-order valence-corrected chi connectivity index (χ1v) is 7.10. The van der Waals surface area contributed by atoms with Crippen molar-refractivity contribution < 1.29 is 23.4 Å². The molecular weight excluding hydrogens is 300 g/mol. The van der Waals surface area contributed by atoms with Gasteiger partial charge in [0, 0.05) is 12.0 Å². The third-order valence-electron chi connectivity index (χ3n) is 3.83. The molecule has 2 aromatic rings. The highest BCUT2D eigenvalue weighted by Gasteiger charge is 2.32. The lowest BCUT2D eigenvalue weighted by atomic mass is 9.87. The van der Waals surface area contributed by atoms with Crippen molar-refractivity contribution in [2.24, 2.45) is 0 Å². The normalized spacial score (nSPS) is 16.5. The second-order valence-electron chi connectivity index (χ2n) is 5.27. The van der Waals surface area contributed by atoms with Crippen LogP contribution in [0.2, 0.25) is 0 Å². The van der Waals surface area contributed by atoms with Crippen LogP contribution in [0, 0.1) is 6.92 Å². The summed E-state index contributed by atoms with van der Waals surface area (Å²) < 4.78 is 20.9. The van der Waals surface area contributed by atoms with Crippen LogP contribution in [-0.2, 0) is 4.79 Å². The Hall–Kier alpha value is -2.76. The van der Waals surface area contributed by atoms with Crippen molar-refractivity contribution in [3.63, 3.8) is 0 Å². The smallest absolute Gasteiger partial charge is 0.343 e.